The molecule has 1 aromatic heterocycles. The van der Waals surface area contributed by atoms with E-state index in [1.807, 2.05) is 5.32 Å². The Kier molecular flexibility index (Phi) is 13.4. The van der Waals surface area contributed by atoms with E-state index in [1.54, 1.807) is 26.0 Å². The fraction of sp³-hybridized carbons (Fsp3) is 0.375. The number of hydrogen-bond donors (Lipinski definition) is 4. The lowest BCUT2D eigenvalue weighted by atomic mass is 10.1. The van der Waals surface area contributed by atoms with Crippen molar-refractivity contribution < 1.29 is 52.0 Å². The van der Waals surface area contributed by atoms with Crippen molar-refractivity contribution in [3.05, 3.63) is 65.5 Å². The largest absolute Gasteiger partial charge is 0.480 e. The molecule has 2 rings (SSSR count). The number of ether oxygens (including phenoxy) is 2. The van der Waals surface area contributed by atoms with Crippen molar-refractivity contribution in [1.29, 1.82) is 0 Å². The second kappa shape index (κ2) is 15.9. The molecule has 2 atom stereocenters. The van der Waals surface area contributed by atoms with Gasteiger partial charge in [-0.2, -0.15) is 13.2 Å². The number of pyridine rings is 1. The van der Waals surface area contributed by atoms with Gasteiger partial charge in [-0.1, -0.05) is 18.2 Å². The first-order chi connectivity index (χ1) is 17.9. The summed E-state index contributed by atoms with van der Waals surface area (Å²) in [6.07, 6.45) is -3.24. The number of alkyl halides is 3. The van der Waals surface area contributed by atoms with E-state index in [0.717, 1.165) is 18.2 Å². The second-order valence-electron chi connectivity index (χ2n) is 7.31. The molecule has 1 heterocycles. The van der Waals surface area contributed by atoms with Gasteiger partial charge in [-0.15, -0.1) is 0 Å². The van der Waals surface area contributed by atoms with E-state index >= 15 is 0 Å². The molecule has 0 radical (unpaired) electrons. The molecule has 14 heteroatoms. The quantitative estimate of drug-likeness (QED) is 0.314. The molecule has 38 heavy (non-hydrogen) atoms. The maximum atomic E-state index is 12.8. The minimum Gasteiger partial charge on any atom is -0.480 e. The zero-order valence-corrected chi connectivity index (χ0v) is 20.5. The highest BCUT2D eigenvalue weighted by atomic mass is 19.4. The maximum Gasteiger partial charge on any atom is 0.417 e. The molecule has 0 spiro atoms. The molecule has 4 N–H and O–H groups in total. The molecular weight excluding hydrogens is 515 g/mol. The minimum absolute atomic E-state index is 0.0651. The third-order valence-electron chi connectivity index (χ3n) is 4.56. The summed E-state index contributed by atoms with van der Waals surface area (Å²) in [6, 6.07) is 6.51. The van der Waals surface area contributed by atoms with E-state index in [1.165, 1.54) is 18.3 Å². The highest BCUT2D eigenvalue weighted by Crippen LogP contribution is 2.31. The summed E-state index contributed by atoms with van der Waals surface area (Å²) in [5.41, 5.74) is -1.58. The molecule has 2 amide bonds. The van der Waals surface area contributed by atoms with Crippen molar-refractivity contribution in [3.63, 3.8) is 0 Å². The first kappa shape index (κ1) is 32.0. The summed E-state index contributed by atoms with van der Waals surface area (Å²) in [6.45, 7) is 3.59. The van der Waals surface area contributed by atoms with Gasteiger partial charge in [-0.3, -0.25) is 14.6 Å². The van der Waals surface area contributed by atoms with Crippen LogP contribution in [-0.2, 0) is 25.2 Å². The topological polar surface area (TPSA) is 164 Å². The van der Waals surface area contributed by atoms with E-state index in [4.69, 9.17) is 19.7 Å². The SMILES string of the molecule is CCOC[C@H](NC(=O)c1ccccc1C(F)(F)F)C(=O)O.CCOC[C@H](NC(=O)c1ccccn1)C(=O)O. The van der Waals surface area contributed by atoms with Crippen molar-refractivity contribution in [2.75, 3.05) is 26.4 Å². The molecule has 11 nitrogen and oxygen atoms in total. The van der Waals surface area contributed by atoms with Crippen molar-refractivity contribution in [1.82, 2.24) is 15.6 Å². The van der Waals surface area contributed by atoms with E-state index in [2.05, 4.69) is 10.3 Å². The summed E-state index contributed by atoms with van der Waals surface area (Å²) >= 11 is 0. The maximum absolute atomic E-state index is 12.8. The predicted molar refractivity (Wildman–Crippen MR) is 126 cm³/mol. The van der Waals surface area contributed by atoms with Crippen LogP contribution < -0.4 is 10.6 Å². The van der Waals surface area contributed by atoms with Gasteiger partial charge in [0.15, 0.2) is 12.1 Å². The van der Waals surface area contributed by atoms with Crippen LogP contribution in [0.5, 0.6) is 0 Å². The molecular formula is C24H28F3N3O8. The number of aromatic nitrogens is 1. The first-order valence-electron chi connectivity index (χ1n) is 11.2. The molecule has 0 bridgehead atoms. The number of halogens is 3. The molecule has 0 saturated heterocycles. The third-order valence-corrected chi connectivity index (χ3v) is 4.56. The number of hydrogen-bond acceptors (Lipinski definition) is 7. The number of rotatable bonds is 12. The van der Waals surface area contributed by atoms with Gasteiger partial charge in [0.25, 0.3) is 11.8 Å². The van der Waals surface area contributed by atoms with Gasteiger partial charge < -0.3 is 30.3 Å². The monoisotopic (exact) mass is 543 g/mol. The van der Waals surface area contributed by atoms with E-state index in [-0.39, 0.29) is 25.5 Å². The lowest BCUT2D eigenvalue weighted by Crippen LogP contribution is -2.44. The first-order valence-corrected chi connectivity index (χ1v) is 11.2. The van der Waals surface area contributed by atoms with Gasteiger partial charge in [0.2, 0.25) is 0 Å². The molecule has 208 valence electrons. The van der Waals surface area contributed by atoms with Crippen molar-refractivity contribution in [2.45, 2.75) is 32.1 Å². The number of amides is 2. The number of carboxylic acids is 2. The zero-order valence-electron chi connectivity index (χ0n) is 20.5. The van der Waals surface area contributed by atoms with Crippen LogP contribution in [0.25, 0.3) is 0 Å². The Morgan fingerprint density at radius 3 is 1.79 bits per heavy atom. The number of aliphatic carboxylic acids is 2. The Hall–Kier alpha value is -4.04. The summed E-state index contributed by atoms with van der Waals surface area (Å²) in [5, 5.41) is 22.1. The number of carbonyl (C=O) groups is 4. The Morgan fingerprint density at radius 1 is 0.842 bits per heavy atom. The normalized spacial score (nSPS) is 12.3. The molecule has 0 aliphatic carbocycles. The van der Waals surface area contributed by atoms with Gasteiger partial charge in [-0.05, 0) is 38.1 Å². The van der Waals surface area contributed by atoms with E-state index < -0.39 is 53.1 Å². The lowest BCUT2D eigenvalue weighted by molar-refractivity contribution is -0.141. The fourth-order valence-corrected chi connectivity index (χ4v) is 2.71. The highest BCUT2D eigenvalue weighted by molar-refractivity contribution is 5.98. The highest BCUT2D eigenvalue weighted by Gasteiger charge is 2.35. The van der Waals surface area contributed by atoms with Crippen molar-refractivity contribution in [3.8, 4) is 0 Å². The average Bonchev–Trinajstić information content (AvgIpc) is 2.88. The Balaban J connectivity index is 0.000000389. The van der Waals surface area contributed by atoms with Crippen molar-refractivity contribution >= 4 is 23.8 Å². The van der Waals surface area contributed by atoms with Crippen LogP contribution >= 0.6 is 0 Å². The molecule has 0 aliphatic heterocycles. The summed E-state index contributed by atoms with van der Waals surface area (Å²) in [7, 11) is 0. The van der Waals surface area contributed by atoms with Gasteiger partial charge >= 0.3 is 18.1 Å². The third kappa shape index (κ3) is 10.9. The molecule has 0 fully saturated rings. The number of carbonyl (C=O) groups excluding carboxylic acids is 2. The van der Waals surface area contributed by atoms with Gasteiger partial charge in [-0.25, -0.2) is 9.59 Å². The van der Waals surface area contributed by atoms with Crippen LogP contribution in [0.3, 0.4) is 0 Å². The number of nitrogens with one attached hydrogen (secondary N) is 2. The predicted octanol–water partition coefficient (Wildman–Crippen LogP) is 2.23. The van der Waals surface area contributed by atoms with Gasteiger partial charge in [0, 0.05) is 19.4 Å². The van der Waals surface area contributed by atoms with E-state index in [0.29, 0.717) is 6.61 Å². The second-order valence-corrected chi connectivity index (χ2v) is 7.31. The van der Waals surface area contributed by atoms with Crippen LogP contribution in [0, 0.1) is 0 Å². The molecule has 0 aliphatic rings. The lowest BCUT2D eigenvalue weighted by Gasteiger charge is -2.16. The molecule has 2 aromatic rings. The molecule has 1 aromatic carbocycles. The van der Waals surface area contributed by atoms with Crippen LogP contribution in [0.15, 0.2) is 48.7 Å². The zero-order chi connectivity index (χ0) is 28.7. The Bertz CT molecular complexity index is 1070. The summed E-state index contributed by atoms with van der Waals surface area (Å²) < 4.78 is 48.2. The Labute approximate surface area is 216 Å². The summed E-state index contributed by atoms with van der Waals surface area (Å²) in [5.74, 6) is -4.17. The van der Waals surface area contributed by atoms with Crippen LogP contribution in [0.2, 0.25) is 0 Å². The van der Waals surface area contributed by atoms with Gasteiger partial charge in [0.1, 0.15) is 5.69 Å². The molecule has 0 unspecified atom stereocenters. The van der Waals surface area contributed by atoms with Crippen LogP contribution in [0.1, 0.15) is 40.3 Å². The minimum atomic E-state index is -4.70. The smallest absolute Gasteiger partial charge is 0.417 e. The standard InChI is InChI=1S/C13H14F3NO4.C11H14N2O4/c1-2-21-7-10(12(19)20)17-11(18)8-5-3-4-6-9(8)13(14,15)16;1-2-17-7-9(11(15)16)13-10(14)8-5-3-4-6-12-8/h3-6,10H,2,7H2,1H3,(H,17,18)(H,19,20);3-6,9H,2,7H2,1H3,(H,13,14)(H,15,16)/t10-;9-/m00/s1. The molecule has 0 saturated carbocycles. The Morgan fingerprint density at radius 2 is 1.34 bits per heavy atom. The number of benzene rings is 1. The summed E-state index contributed by atoms with van der Waals surface area (Å²) in [4.78, 5) is 49.1. The number of carboxylic acid groups (broad SMARTS) is 2. The van der Waals surface area contributed by atoms with E-state index in [9.17, 15) is 32.3 Å². The van der Waals surface area contributed by atoms with Crippen molar-refractivity contribution in [2.24, 2.45) is 0 Å². The van der Waals surface area contributed by atoms with Crippen LogP contribution in [0.4, 0.5) is 13.2 Å². The fourth-order valence-electron chi connectivity index (χ4n) is 2.71. The number of nitrogens with zero attached hydrogens (tertiary/aromatic N) is 1. The van der Waals surface area contributed by atoms with Crippen LogP contribution in [-0.4, -0.2) is 77.5 Å². The average molecular weight is 543 g/mol. The van der Waals surface area contributed by atoms with Gasteiger partial charge in [0.05, 0.1) is 24.3 Å².